The highest BCUT2D eigenvalue weighted by molar-refractivity contribution is 5.28. The maximum absolute atomic E-state index is 3.31. The largest absolute Gasteiger partial charge is 0.313 e. The molecule has 0 aliphatic carbocycles. The van der Waals surface area contributed by atoms with Crippen LogP contribution in [0.1, 0.15) is 34.1 Å². The number of rotatable bonds is 4. The number of hydrogen-bond acceptors (Lipinski definition) is 1. The molecule has 0 fully saturated rings. The minimum atomic E-state index is 0.506. The second kappa shape index (κ2) is 6.01. The van der Waals surface area contributed by atoms with Gasteiger partial charge in [0, 0.05) is 6.04 Å². The molecule has 0 spiro atoms. The van der Waals surface area contributed by atoms with Crippen molar-refractivity contribution in [2.45, 2.75) is 40.2 Å². The Morgan fingerprint density at radius 1 is 1.42 bits per heavy atom. The van der Waals surface area contributed by atoms with E-state index in [-0.39, 0.29) is 0 Å². The van der Waals surface area contributed by atoms with E-state index in [0.717, 1.165) is 6.42 Å². The monoisotopic (exact) mass is 167 g/mol. The first kappa shape index (κ1) is 11.4. The third kappa shape index (κ3) is 3.22. The molecule has 1 N–H and O–H groups in total. The van der Waals surface area contributed by atoms with E-state index < -0.39 is 0 Å². The molecule has 0 heterocycles. The number of likely N-dealkylation sites (N-methyl/N-ethyl adjacent to an activating group) is 1. The second-order valence-electron chi connectivity index (χ2n) is 3.20. The maximum atomic E-state index is 3.31. The van der Waals surface area contributed by atoms with Gasteiger partial charge in [0.15, 0.2) is 0 Å². The van der Waals surface area contributed by atoms with Crippen molar-refractivity contribution in [2.24, 2.45) is 0 Å². The standard InChI is InChI=1S/C11H21N/c1-6-8-10(9(3)4)11(7-2)12-5/h6,8,11-12H,7H2,1-5H3/b8-6-. The maximum Gasteiger partial charge on any atom is 0.0314 e. The van der Waals surface area contributed by atoms with Gasteiger partial charge in [-0.1, -0.05) is 24.6 Å². The van der Waals surface area contributed by atoms with Gasteiger partial charge in [0.1, 0.15) is 0 Å². The summed E-state index contributed by atoms with van der Waals surface area (Å²) in [6, 6.07) is 0.506. The van der Waals surface area contributed by atoms with E-state index >= 15 is 0 Å². The van der Waals surface area contributed by atoms with Gasteiger partial charge < -0.3 is 5.32 Å². The molecule has 12 heavy (non-hydrogen) atoms. The van der Waals surface area contributed by atoms with E-state index in [1.54, 1.807) is 0 Å². The fraction of sp³-hybridized carbons (Fsp3) is 0.636. The highest BCUT2D eigenvalue weighted by atomic mass is 14.9. The molecule has 0 aromatic rings. The smallest absolute Gasteiger partial charge is 0.0314 e. The molecular formula is C11H21N. The predicted octanol–water partition coefficient (Wildman–Crippen LogP) is 2.90. The third-order valence-corrected chi connectivity index (χ3v) is 2.06. The first-order chi connectivity index (χ1) is 5.67. The van der Waals surface area contributed by atoms with Crippen LogP contribution in [0, 0.1) is 0 Å². The minimum Gasteiger partial charge on any atom is -0.313 e. The zero-order chi connectivity index (χ0) is 9.56. The van der Waals surface area contributed by atoms with Crippen molar-refractivity contribution in [1.82, 2.24) is 5.32 Å². The van der Waals surface area contributed by atoms with Crippen LogP contribution in [-0.2, 0) is 0 Å². The molecule has 0 aromatic heterocycles. The summed E-state index contributed by atoms with van der Waals surface area (Å²) in [6.07, 6.45) is 5.43. The molecule has 1 nitrogen and oxygen atoms in total. The average molecular weight is 167 g/mol. The van der Waals surface area contributed by atoms with Crippen LogP contribution < -0.4 is 5.32 Å². The molecule has 1 heteroatoms. The molecule has 0 amide bonds. The van der Waals surface area contributed by atoms with Gasteiger partial charge in [-0.25, -0.2) is 0 Å². The van der Waals surface area contributed by atoms with Crippen LogP contribution in [0.2, 0.25) is 0 Å². The molecule has 0 bridgehead atoms. The molecule has 0 aliphatic heterocycles. The van der Waals surface area contributed by atoms with Crippen LogP contribution >= 0.6 is 0 Å². The molecule has 0 saturated heterocycles. The summed E-state index contributed by atoms with van der Waals surface area (Å²) in [4.78, 5) is 0. The molecule has 0 aromatic carbocycles. The Bertz CT molecular complexity index is 169. The van der Waals surface area contributed by atoms with Crippen molar-refractivity contribution in [2.75, 3.05) is 7.05 Å². The minimum absolute atomic E-state index is 0.506. The van der Waals surface area contributed by atoms with E-state index in [4.69, 9.17) is 0 Å². The van der Waals surface area contributed by atoms with Crippen molar-refractivity contribution in [3.05, 3.63) is 23.3 Å². The molecule has 70 valence electrons. The van der Waals surface area contributed by atoms with E-state index in [0.29, 0.717) is 6.04 Å². The summed E-state index contributed by atoms with van der Waals surface area (Å²) in [6.45, 7) is 8.59. The molecule has 0 rings (SSSR count). The average Bonchev–Trinajstić information content (AvgIpc) is 2.05. The lowest BCUT2D eigenvalue weighted by Crippen LogP contribution is -2.26. The van der Waals surface area contributed by atoms with Crippen molar-refractivity contribution in [3.63, 3.8) is 0 Å². The molecular weight excluding hydrogens is 146 g/mol. The fourth-order valence-corrected chi connectivity index (χ4v) is 1.39. The Morgan fingerprint density at radius 2 is 2.00 bits per heavy atom. The lowest BCUT2D eigenvalue weighted by Gasteiger charge is -2.17. The molecule has 1 atom stereocenters. The van der Waals surface area contributed by atoms with Crippen LogP contribution in [0.3, 0.4) is 0 Å². The van der Waals surface area contributed by atoms with Crippen molar-refractivity contribution in [3.8, 4) is 0 Å². The molecule has 0 saturated carbocycles. The van der Waals surface area contributed by atoms with Crippen LogP contribution in [0.4, 0.5) is 0 Å². The van der Waals surface area contributed by atoms with Crippen LogP contribution in [0.25, 0.3) is 0 Å². The summed E-state index contributed by atoms with van der Waals surface area (Å²) in [5.41, 5.74) is 2.82. The van der Waals surface area contributed by atoms with Gasteiger partial charge in [0.25, 0.3) is 0 Å². The Hall–Kier alpha value is -0.560. The highest BCUT2D eigenvalue weighted by Crippen LogP contribution is 2.12. The lowest BCUT2D eigenvalue weighted by molar-refractivity contribution is 0.622. The van der Waals surface area contributed by atoms with Crippen molar-refractivity contribution >= 4 is 0 Å². The SMILES string of the molecule is C/C=C\C(=C(C)C)C(CC)NC. The van der Waals surface area contributed by atoms with Gasteiger partial charge >= 0.3 is 0 Å². The van der Waals surface area contributed by atoms with E-state index in [9.17, 15) is 0 Å². The van der Waals surface area contributed by atoms with Gasteiger partial charge in [-0.05, 0) is 39.8 Å². The summed E-state index contributed by atoms with van der Waals surface area (Å²) < 4.78 is 0. The van der Waals surface area contributed by atoms with Crippen molar-refractivity contribution in [1.29, 1.82) is 0 Å². The molecule has 0 aliphatic rings. The number of allylic oxidation sites excluding steroid dienone is 2. The predicted molar refractivity (Wildman–Crippen MR) is 56.3 cm³/mol. The quantitative estimate of drug-likeness (QED) is 0.635. The Balaban J connectivity index is 4.61. The first-order valence-electron chi connectivity index (χ1n) is 4.64. The fourth-order valence-electron chi connectivity index (χ4n) is 1.39. The first-order valence-corrected chi connectivity index (χ1v) is 4.64. The number of hydrogen-bond donors (Lipinski definition) is 1. The summed E-state index contributed by atoms with van der Waals surface area (Å²) >= 11 is 0. The zero-order valence-corrected chi connectivity index (χ0v) is 8.94. The Morgan fingerprint density at radius 3 is 2.25 bits per heavy atom. The highest BCUT2D eigenvalue weighted by Gasteiger charge is 2.07. The summed E-state index contributed by atoms with van der Waals surface area (Å²) in [5, 5.41) is 3.31. The second-order valence-corrected chi connectivity index (χ2v) is 3.20. The Kier molecular flexibility index (Phi) is 5.73. The third-order valence-electron chi connectivity index (χ3n) is 2.06. The van der Waals surface area contributed by atoms with Gasteiger partial charge in [0.05, 0.1) is 0 Å². The van der Waals surface area contributed by atoms with Gasteiger partial charge in [-0.2, -0.15) is 0 Å². The summed E-state index contributed by atoms with van der Waals surface area (Å²) in [5.74, 6) is 0. The van der Waals surface area contributed by atoms with Gasteiger partial charge in [-0.3, -0.25) is 0 Å². The Labute approximate surface area is 76.6 Å². The van der Waals surface area contributed by atoms with E-state index in [2.05, 4.69) is 45.2 Å². The molecule has 0 radical (unpaired) electrons. The normalized spacial score (nSPS) is 13.4. The van der Waals surface area contributed by atoms with Crippen molar-refractivity contribution < 1.29 is 0 Å². The van der Waals surface area contributed by atoms with Crippen LogP contribution in [0.15, 0.2) is 23.3 Å². The van der Waals surface area contributed by atoms with E-state index in [1.807, 2.05) is 7.05 Å². The van der Waals surface area contributed by atoms with Crippen LogP contribution in [0.5, 0.6) is 0 Å². The topological polar surface area (TPSA) is 12.0 Å². The molecule has 1 unspecified atom stereocenters. The zero-order valence-electron chi connectivity index (χ0n) is 8.94. The van der Waals surface area contributed by atoms with Gasteiger partial charge in [0.2, 0.25) is 0 Å². The number of nitrogens with one attached hydrogen (secondary N) is 1. The lowest BCUT2D eigenvalue weighted by atomic mass is 10.00. The van der Waals surface area contributed by atoms with Gasteiger partial charge in [-0.15, -0.1) is 0 Å². The van der Waals surface area contributed by atoms with E-state index in [1.165, 1.54) is 11.1 Å². The summed E-state index contributed by atoms with van der Waals surface area (Å²) in [7, 11) is 2.01. The van der Waals surface area contributed by atoms with Crippen LogP contribution in [-0.4, -0.2) is 13.1 Å².